The third kappa shape index (κ3) is 3.22. The molecule has 2 nitrogen and oxygen atoms in total. The quantitative estimate of drug-likeness (QED) is 0.832. The molecule has 1 heterocycles. The summed E-state index contributed by atoms with van der Waals surface area (Å²) in [4.78, 5) is 4.15. The molecule has 1 fully saturated rings. The molecule has 0 spiro atoms. The van der Waals surface area contributed by atoms with Crippen molar-refractivity contribution in [2.75, 3.05) is 11.9 Å². The Hall–Kier alpha value is -1.05. The molecule has 0 saturated heterocycles. The second-order valence-corrected chi connectivity index (χ2v) is 4.91. The molecule has 0 radical (unpaired) electrons. The number of aryl methyl sites for hydroxylation is 1. The van der Waals surface area contributed by atoms with Crippen molar-refractivity contribution in [2.45, 2.75) is 45.4 Å². The molecule has 88 valence electrons. The van der Waals surface area contributed by atoms with Gasteiger partial charge in [-0.15, -0.1) is 0 Å². The molecule has 16 heavy (non-hydrogen) atoms. The van der Waals surface area contributed by atoms with E-state index in [0.29, 0.717) is 0 Å². The average Bonchev–Trinajstić information content (AvgIpc) is 2.33. The Morgan fingerprint density at radius 1 is 1.31 bits per heavy atom. The molecule has 2 rings (SSSR count). The van der Waals surface area contributed by atoms with Gasteiger partial charge in [-0.3, -0.25) is 4.98 Å². The highest BCUT2D eigenvalue weighted by Crippen LogP contribution is 2.26. The lowest BCUT2D eigenvalue weighted by atomic mass is 9.87. The van der Waals surface area contributed by atoms with Crippen LogP contribution in [0, 0.1) is 12.8 Å². The van der Waals surface area contributed by atoms with Gasteiger partial charge in [0.2, 0.25) is 0 Å². The zero-order valence-electron chi connectivity index (χ0n) is 10.2. The van der Waals surface area contributed by atoms with E-state index in [2.05, 4.69) is 23.3 Å². The smallest absolute Gasteiger partial charge is 0.0556 e. The minimum Gasteiger partial charge on any atom is -0.384 e. The molecule has 0 bridgehead atoms. The Labute approximate surface area is 98.5 Å². The molecule has 1 N–H and O–H groups in total. The third-order valence-corrected chi connectivity index (χ3v) is 3.63. The van der Waals surface area contributed by atoms with Crippen LogP contribution in [0.25, 0.3) is 0 Å². The van der Waals surface area contributed by atoms with Crippen molar-refractivity contribution in [1.29, 1.82) is 0 Å². The largest absolute Gasteiger partial charge is 0.384 e. The molecular formula is C14H22N2. The zero-order chi connectivity index (χ0) is 11.2. The van der Waals surface area contributed by atoms with Gasteiger partial charge in [0.15, 0.2) is 0 Å². The molecule has 1 aromatic heterocycles. The summed E-state index contributed by atoms with van der Waals surface area (Å²) in [6.45, 7) is 3.22. The Kier molecular flexibility index (Phi) is 4.20. The molecule has 0 atom stereocenters. The van der Waals surface area contributed by atoms with E-state index in [0.717, 1.165) is 12.5 Å². The Morgan fingerprint density at radius 2 is 2.12 bits per heavy atom. The molecule has 1 aliphatic carbocycles. The highest BCUT2D eigenvalue weighted by Gasteiger charge is 2.12. The van der Waals surface area contributed by atoms with Crippen LogP contribution in [-0.2, 0) is 0 Å². The van der Waals surface area contributed by atoms with E-state index in [1.807, 2.05) is 12.4 Å². The third-order valence-electron chi connectivity index (χ3n) is 3.63. The van der Waals surface area contributed by atoms with Crippen molar-refractivity contribution in [3.05, 3.63) is 24.0 Å². The Bertz CT molecular complexity index is 316. The second-order valence-electron chi connectivity index (χ2n) is 4.91. The molecule has 1 aliphatic rings. The standard InChI is InChI=1S/C14H22N2/c1-12-7-9-15-11-14(12)16-10-8-13-5-3-2-4-6-13/h7,9,11,13,16H,2-6,8,10H2,1H3. The van der Waals surface area contributed by atoms with Gasteiger partial charge in [0, 0.05) is 12.7 Å². The van der Waals surface area contributed by atoms with Crippen molar-refractivity contribution in [2.24, 2.45) is 5.92 Å². The molecule has 0 unspecified atom stereocenters. The van der Waals surface area contributed by atoms with Crippen LogP contribution in [0.1, 0.15) is 44.1 Å². The molecule has 2 heteroatoms. The van der Waals surface area contributed by atoms with Crippen LogP contribution in [0.5, 0.6) is 0 Å². The molecule has 0 aliphatic heterocycles. The fourth-order valence-electron chi connectivity index (χ4n) is 2.54. The maximum absolute atomic E-state index is 4.15. The van der Waals surface area contributed by atoms with Gasteiger partial charge in [0.25, 0.3) is 0 Å². The predicted molar refractivity (Wildman–Crippen MR) is 68.7 cm³/mol. The van der Waals surface area contributed by atoms with Gasteiger partial charge >= 0.3 is 0 Å². The van der Waals surface area contributed by atoms with Crippen LogP contribution >= 0.6 is 0 Å². The first kappa shape index (κ1) is 11.4. The first-order valence-corrected chi connectivity index (χ1v) is 6.51. The van der Waals surface area contributed by atoms with Gasteiger partial charge in [-0.1, -0.05) is 32.1 Å². The monoisotopic (exact) mass is 218 g/mol. The maximum atomic E-state index is 4.15. The van der Waals surface area contributed by atoms with Gasteiger partial charge < -0.3 is 5.32 Å². The highest BCUT2D eigenvalue weighted by molar-refractivity contribution is 5.47. The van der Waals surface area contributed by atoms with E-state index >= 15 is 0 Å². The topological polar surface area (TPSA) is 24.9 Å². The van der Waals surface area contributed by atoms with E-state index in [9.17, 15) is 0 Å². The summed E-state index contributed by atoms with van der Waals surface area (Å²) in [6, 6.07) is 2.06. The summed E-state index contributed by atoms with van der Waals surface area (Å²) < 4.78 is 0. The SMILES string of the molecule is Cc1ccncc1NCCC1CCCCC1. The van der Waals surface area contributed by atoms with Crippen molar-refractivity contribution in [3.63, 3.8) is 0 Å². The first-order valence-electron chi connectivity index (χ1n) is 6.51. The van der Waals surface area contributed by atoms with Crippen LogP contribution in [0.4, 0.5) is 5.69 Å². The number of pyridine rings is 1. The lowest BCUT2D eigenvalue weighted by molar-refractivity contribution is 0.345. The lowest BCUT2D eigenvalue weighted by Gasteiger charge is -2.21. The molecule has 0 aromatic carbocycles. The van der Waals surface area contributed by atoms with Gasteiger partial charge in [0.05, 0.1) is 11.9 Å². The van der Waals surface area contributed by atoms with Gasteiger partial charge in [-0.2, -0.15) is 0 Å². The number of nitrogens with one attached hydrogen (secondary N) is 1. The molecule has 1 saturated carbocycles. The second kappa shape index (κ2) is 5.88. The number of hydrogen-bond acceptors (Lipinski definition) is 2. The lowest BCUT2D eigenvalue weighted by Crippen LogP contribution is -2.12. The van der Waals surface area contributed by atoms with Crippen molar-refractivity contribution in [3.8, 4) is 0 Å². The van der Waals surface area contributed by atoms with Gasteiger partial charge in [-0.25, -0.2) is 0 Å². The Balaban J connectivity index is 1.73. The minimum absolute atomic E-state index is 0.957. The highest BCUT2D eigenvalue weighted by atomic mass is 14.9. The fraction of sp³-hybridized carbons (Fsp3) is 0.643. The zero-order valence-corrected chi connectivity index (χ0v) is 10.2. The number of nitrogens with zero attached hydrogens (tertiary/aromatic N) is 1. The first-order chi connectivity index (χ1) is 7.86. The van der Waals surface area contributed by atoms with Crippen LogP contribution in [-0.4, -0.2) is 11.5 Å². The van der Waals surface area contributed by atoms with E-state index in [1.165, 1.54) is 49.8 Å². The summed E-state index contributed by atoms with van der Waals surface area (Å²) in [5.74, 6) is 0.957. The molecule has 0 amide bonds. The van der Waals surface area contributed by atoms with Crippen molar-refractivity contribution >= 4 is 5.69 Å². The summed E-state index contributed by atoms with van der Waals surface area (Å²) in [6.07, 6.45) is 12.3. The number of hydrogen-bond donors (Lipinski definition) is 1. The van der Waals surface area contributed by atoms with Crippen LogP contribution in [0.3, 0.4) is 0 Å². The number of aromatic nitrogens is 1. The average molecular weight is 218 g/mol. The summed E-state index contributed by atoms with van der Waals surface area (Å²) >= 11 is 0. The maximum Gasteiger partial charge on any atom is 0.0556 e. The number of rotatable bonds is 4. The van der Waals surface area contributed by atoms with Crippen LogP contribution < -0.4 is 5.32 Å². The van der Waals surface area contributed by atoms with Crippen molar-refractivity contribution in [1.82, 2.24) is 4.98 Å². The van der Waals surface area contributed by atoms with Crippen LogP contribution in [0.2, 0.25) is 0 Å². The van der Waals surface area contributed by atoms with E-state index in [4.69, 9.17) is 0 Å². The van der Waals surface area contributed by atoms with Crippen LogP contribution in [0.15, 0.2) is 18.5 Å². The van der Waals surface area contributed by atoms with Crippen molar-refractivity contribution < 1.29 is 0 Å². The van der Waals surface area contributed by atoms with E-state index < -0.39 is 0 Å². The normalized spacial score (nSPS) is 17.3. The fourth-order valence-corrected chi connectivity index (χ4v) is 2.54. The Morgan fingerprint density at radius 3 is 2.88 bits per heavy atom. The number of anilines is 1. The molecule has 1 aromatic rings. The summed E-state index contributed by atoms with van der Waals surface area (Å²) in [5.41, 5.74) is 2.48. The minimum atomic E-state index is 0.957. The summed E-state index contributed by atoms with van der Waals surface area (Å²) in [5, 5.41) is 3.50. The van der Waals surface area contributed by atoms with Gasteiger partial charge in [-0.05, 0) is 30.9 Å². The molecular weight excluding hydrogens is 196 g/mol. The summed E-state index contributed by atoms with van der Waals surface area (Å²) in [7, 11) is 0. The predicted octanol–water partition coefficient (Wildman–Crippen LogP) is 3.77. The van der Waals surface area contributed by atoms with Gasteiger partial charge in [0.1, 0.15) is 0 Å². The van der Waals surface area contributed by atoms with E-state index in [1.54, 1.807) is 0 Å². The van der Waals surface area contributed by atoms with E-state index in [-0.39, 0.29) is 0 Å².